The van der Waals surface area contributed by atoms with E-state index in [0.29, 0.717) is 19.5 Å². The lowest BCUT2D eigenvalue weighted by molar-refractivity contribution is 0.0297. The highest BCUT2D eigenvalue weighted by Gasteiger charge is 2.28. The van der Waals surface area contributed by atoms with E-state index in [1.165, 1.54) is 5.56 Å². The third-order valence-corrected chi connectivity index (χ3v) is 3.76. The van der Waals surface area contributed by atoms with Crippen LogP contribution in [0, 0.1) is 19.8 Å². The molecule has 0 aliphatic carbocycles. The van der Waals surface area contributed by atoms with Gasteiger partial charge >= 0.3 is 0 Å². The zero-order valence-corrected chi connectivity index (χ0v) is 11.3. The predicted molar refractivity (Wildman–Crippen MR) is 71.6 cm³/mol. The number of piperidine rings is 1. The van der Waals surface area contributed by atoms with Gasteiger partial charge in [-0.15, -0.1) is 0 Å². The fourth-order valence-corrected chi connectivity index (χ4v) is 2.54. The Labute approximate surface area is 108 Å². The lowest BCUT2D eigenvalue weighted by Gasteiger charge is -2.34. The normalized spacial score (nSPS) is 24.1. The summed E-state index contributed by atoms with van der Waals surface area (Å²) in [6.07, 6.45) is 0.408. The Balaban J connectivity index is 2.16. The molecular weight excluding hydrogens is 226 g/mol. The molecule has 1 aliphatic heterocycles. The Morgan fingerprint density at radius 3 is 2.72 bits per heavy atom. The summed E-state index contributed by atoms with van der Waals surface area (Å²) in [7, 11) is 0. The topological polar surface area (TPSA) is 40.5 Å². The SMILES string of the molecule is Cc1ccc(C(=O)N2CCC(O)C(C)C2)c(C)c1. The van der Waals surface area contributed by atoms with Crippen molar-refractivity contribution in [3.63, 3.8) is 0 Å². The number of likely N-dealkylation sites (tertiary alicyclic amines) is 1. The van der Waals surface area contributed by atoms with Crippen LogP contribution in [0.15, 0.2) is 18.2 Å². The number of aliphatic hydroxyl groups excluding tert-OH is 1. The number of carbonyl (C=O) groups excluding carboxylic acids is 1. The second-order valence-corrected chi connectivity index (χ2v) is 5.40. The molecule has 1 aromatic carbocycles. The third kappa shape index (κ3) is 2.56. The van der Waals surface area contributed by atoms with Gasteiger partial charge in [0.05, 0.1) is 6.10 Å². The van der Waals surface area contributed by atoms with Gasteiger partial charge in [-0.3, -0.25) is 4.79 Å². The van der Waals surface area contributed by atoms with Gasteiger partial charge < -0.3 is 10.0 Å². The summed E-state index contributed by atoms with van der Waals surface area (Å²) >= 11 is 0. The summed E-state index contributed by atoms with van der Waals surface area (Å²) in [6, 6.07) is 5.92. The second kappa shape index (κ2) is 5.11. The van der Waals surface area contributed by atoms with Crippen molar-refractivity contribution in [2.24, 2.45) is 5.92 Å². The zero-order chi connectivity index (χ0) is 13.3. The van der Waals surface area contributed by atoms with Crippen LogP contribution < -0.4 is 0 Å². The first-order valence-corrected chi connectivity index (χ1v) is 6.53. The smallest absolute Gasteiger partial charge is 0.254 e. The maximum Gasteiger partial charge on any atom is 0.254 e. The van der Waals surface area contributed by atoms with E-state index in [1.54, 1.807) is 0 Å². The standard InChI is InChI=1S/C15H21NO2/c1-10-4-5-13(11(2)8-10)15(18)16-7-6-14(17)12(3)9-16/h4-5,8,12,14,17H,6-7,9H2,1-3H3. The van der Waals surface area contributed by atoms with Crippen molar-refractivity contribution in [1.82, 2.24) is 4.90 Å². The number of carbonyl (C=O) groups is 1. The highest BCUT2D eigenvalue weighted by Crippen LogP contribution is 2.20. The highest BCUT2D eigenvalue weighted by molar-refractivity contribution is 5.95. The summed E-state index contributed by atoms with van der Waals surface area (Å²) in [6.45, 7) is 7.29. The van der Waals surface area contributed by atoms with Crippen LogP contribution in [0.5, 0.6) is 0 Å². The quantitative estimate of drug-likeness (QED) is 0.826. The number of amides is 1. The molecule has 2 rings (SSSR count). The van der Waals surface area contributed by atoms with Gasteiger partial charge in [-0.25, -0.2) is 0 Å². The van der Waals surface area contributed by atoms with Crippen molar-refractivity contribution < 1.29 is 9.90 Å². The van der Waals surface area contributed by atoms with Crippen molar-refractivity contribution >= 4 is 5.91 Å². The Kier molecular flexibility index (Phi) is 3.71. The predicted octanol–water partition coefficient (Wildman–Crippen LogP) is 2.15. The minimum Gasteiger partial charge on any atom is -0.393 e. The molecule has 0 bridgehead atoms. The molecule has 2 unspecified atom stereocenters. The Morgan fingerprint density at radius 1 is 1.39 bits per heavy atom. The van der Waals surface area contributed by atoms with Crippen LogP contribution in [0.3, 0.4) is 0 Å². The van der Waals surface area contributed by atoms with E-state index in [0.717, 1.165) is 11.1 Å². The Bertz CT molecular complexity index is 456. The molecule has 0 spiro atoms. The van der Waals surface area contributed by atoms with Gasteiger partial charge in [0.1, 0.15) is 0 Å². The van der Waals surface area contributed by atoms with Gasteiger partial charge in [0.15, 0.2) is 0 Å². The van der Waals surface area contributed by atoms with E-state index in [1.807, 2.05) is 43.9 Å². The molecule has 3 heteroatoms. The first-order chi connectivity index (χ1) is 8.49. The molecule has 1 saturated heterocycles. The lowest BCUT2D eigenvalue weighted by Crippen LogP contribution is -2.45. The molecule has 98 valence electrons. The van der Waals surface area contributed by atoms with Crippen LogP contribution in [0.25, 0.3) is 0 Å². The zero-order valence-electron chi connectivity index (χ0n) is 11.3. The van der Waals surface area contributed by atoms with Crippen LogP contribution in [0.1, 0.15) is 34.8 Å². The number of aryl methyl sites for hydroxylation is 2. The number of nitrogens with zero attached hydrogens (tertiary/aromatic N) is 1. The molecule has 1 heterocycles. The number of hydrogen-bond donors (Lipinski definition) is 1. The third-order valence-electron chi connectivity index (χ3n) is 3.76. The van der Waals surface area contributed by atoms with Gasteiger partial charge in [0, 0.05) is 18.7 Å². The number of aliphatic hydroxyl groups is 1. The van der Waals surface area contributed by atoms with E-state index in [-0.39, 0.29) is 17.9 Å². The lowest BCUT2D eigenvalue weighted by atomic mass is 9.95. The monoisotopic (exact) mass is 247 g/mol. The number of benzene rings is 1. The van der Waals surface area contributed by atoms with E-state index in [2.05, 4.69) is 0 Å². The van der Waals surface area contributed by atoms with Crippen LogP contribution in [-0.4, -0.2) is 35.1 Å². The average molecular weight is 247 g/mol. The molecule has 1 fully saturated rings. The summed E-state index contributed by atoms with van der Waals surface area (Å²) in [5.74, 6) is 0.250. The van der Waals surface area contributed by atoms with Gasteiger partial charge in [0.2, 0.25) is 0 Å². The highest BCUT2D eigenvalue weighted by atomic mass is 16.3. The molecular formula is C15H21NO2. The van der Waals surface area contributed by atoms with Crippen molar-refractivity contribution in [3.05, 3.63) is 34.9 Å². The Morgan fingerprint density at radius 2 is 2.11 bits per heavy atom. The average Bonchev–Trinajstić information content (AvgIpc) is 2.32. The molecule has 1 aromatic rings. The molecule has 1 aliphatic rings. The fourth-order valence-electron chi connectivity index (χ4n) is 2.54. The van der Waals surface area contributed by atoms with E-state index < -0.39 is 0 Å². The van der Waals surface area contributed by atoms with Gasteiger partial charge in [-0.1, -0.05) is 24.6 Å². The van der Waals surface area contributed by atoms with Gasteiger partial charge in [-0.05, 0) is 37.8 Å². The first-order valence-electron chi connectivity index (χ1n) is 6.53. The van der Waals surface area contributed by atoms with Crippen molar-refractivity contribution in [2.45, 2.75) is 33.3 Å². The molecule has 0 aromatic heterocycles. The number of rotatable bonds is 1. The van der Waals surface area contributed by atoms with Crippen LogP contribution in [-0.2, 0) is 0 Å². The minimum absolute atomic E-state index is 0.0891. The Hall–Kier alpha value is -1.35. The van der Waals surface area contributed by atoms with Crippen LogP contribution in [0.2, 0.25) is 0 Å². The molecule has 1 N–H and O–H groups in total. The van der Waals surface area contributed by atoms with E-state index >= 15 is 0 Å². The van der Waals surface area contributed by atoms with Gasteiger partial charge in [0.25, 0.3) is 5.91 Å². The summed E-state index contributed by atoms with van der Waals surface area (Å²) in [5, 5.41) is 9.70. The molecule has 0 radical (unpaired) electrons. The fraction of sp³-hybridized carbons (Fsp3) is 0.533. The van der Waals surface area contributed by atoms with Gasteiger partial charge in [-0.2, -0.15) is 0 Å². The summed E-state index contributed by atoms with van der Waals surface area (Å²) in [4.78, 5) is 14.3. The van der Waals surface area contributed by atoms with E-state index in [4.69, 9.17) is 0 Å². The molecule has 1 amide bonds. The van der Waals surface area contributed by atoms with Crippen molar-refractivity contribution in [3.8, 4) is 0 Å². The van der Waals surface area contributed by atoms with Crippen molar-refractivity contribution in [1.29, 1.82) is 0 Å². The van der Waals surface area contributed by atoms with Crippen molar-refractivity contribution in [2.75, 3.05) is 13.1 Å². The second-order valence-electron chi connectivity index (χ2n) is 5.40. The molecule has 18 heavy (non-hydrogen) atoms. The first kappa shape index (κ1) is 13.1. The van der Waals surface area contributed by atoms with Crippen LogP contribution in [0.4, 0.5) is 0 Å². The van der Waals surface area contributed by atoms with E-state index in [9.17, 15) is 9.90 Å². The molecule has 2 atom stereocenters. The molecule has 3 nitrogen and oxygen atoms in total. The number of hydrogen-bond acceptors (Lipinski definition) is 2. The maximum absolute atomic E-state index is 12.4. The summed E-state index contributed by atoms with van der Waals surface area (Å²) < 4.78 is 0. The largest absolute Gasteiger partial charge is 0.393 e. The maximum atomic E-state index is 12.4. The molecule has 0 saturated carbocycles. The minimum atomic E-state index is -0.270. The summed E-state index contributed by atoms with van der Waals surface area (Å²) in [5.41, 5.74) is 2.98. The van der Waals surface area contributed by atoms with Crippen LogP contribution >= 0.6 is 0 Å².